The van der Waals surface area contributed by atoms with E-state index in [0.29, 0.717) is 22.3 Å². The molecule has 2 aromatic heterocycles. The van der Waals surface area contributed by atoms with Crippen LogP contribution in [0.1, 0.15) is 11.3 Å². The summed E-state index contributed by atoms with van der Waals surface area (Å²) >= 11 is 7.55. The van der Waals surface area contributed by atoms with Crippen molar-refractivity contribution in [2.75, 3.05) is 12.3 Å². The minimum absolute atomic E-state index is 0.0199. The van der Waals surface area contributed by atoms with Crippen molar-refractivity contribution in [3.63, 3.8) is 0 Å². The van der Waals surface area contributed by atoms with E-state index in [1.165, 1.54) is 17.3 Å². The number of aromatic amines is 2. The monoisotopic (exact) mass is 349 g/mol. The molecule has 120 valence electrons. The molecule has 0 atom stereocenters. The van der Waals surface area contributed by atoms with E-state index >= 15 is 0 Å². The van der Waals surface area contributed by atoms with Gasteiger partial charge < -0.3 is 10.3 Å². The number of nitrogens with one attached hydrogen (secondary N) is 3. The zero-order valence-electron chi connectivity index (χ0n) is 12.5. The second kappa shape index (κ2) is 7.06. The van der Waals surface area contributed by atoms with Gasteiger partial charge in [-0.2, -0.15) is 10.3 Å². The molecule has 3 N–H and O–H groups in total. The summed E-state index contributed by atoms with van der Waals surface area (Å²) < 4.78 is 0. The van der Waals surface area contributed by atoms with E-state index in [9.17, 15) is 4.79 Å². The lowest BCUT2D eigenvalue weighted by atomic mass is 10.1. The first-order valence-electron chi connectivity index (χ1n) is 7.16. The van der Waals surface area contributed by atoms with Gasteiger partial charge >= 0.3 is 0 Å². The molecular weight excluding hydrogens is 334 g/mol. The average molecular weight is 350 g/mol. The number of rotatable bonds is 6. The third-order valence-corrected chi connectivity index (χ3v) is 4.76. The molecule has 0 saturated heterocycles. The number of carbonyl (C=O) groups excluding carboxylic acids is 1. The molecule has 1 amide bonds. The quantitative estimate of drug-likeness (QED) is 0.597. The first-order chi connectivity index (χ1) is 11.1. The summed E-state index contributed by atoms with van der Waals surface area (Å²) in [6.07, 6.45) is 2.35. The van der Waals surface area contributed by atoms with Gasteiger partial charge in [0.1, 0.15) is 5.03 Å². The summed E-state index contributed by atoms with van der Waals surface area (Å²) in [5.74, 6) is 0.305. The standard InChI is InChI=1S/C15H16ClN5OS/c1-9-10(11-3-2-4-12(16)15(11)19-9)5-6-17-13(22)8-23-14-7-18-21-20-14/h2-4,7,19H,5-6,8H2,1H3,(H,17,22)(H,18,20,21). The van der Waals surface area contributed by atoms with Crippen LogP contribution < -0.4 is 5.32 Å². The first kappa shape index (κ1) is 15.9. The second-order valence-corrected chi connectivity index (χ2v) is 6.49. The summed E-state index contributed by atoms with van der Waals surface area (Å²) in [5.41, 5.74) is 3.22. The van der Waals surface area contributed by atoms with E-state index in [-0.39, 0.29) is 5.91 Å². The van der Waals surface area contributed by atoms with Crippen LogP contribution in [0.5, 0.6) is 0 Å². The zero-order valence-corrected chi connectivity index (χ0v) is 14.1. The number of amides is 1. The molecule has 1 aromatic carbocycles. The molecule has 0 saturated carbocycles. The Bertz CT molecular complexity index is 815. The summed E-state index contributed by atoms with van der Waals surface area (Å²) in [7, 11) is 0. The maximum absolute atomic E-state index is 11.9. The number of halogens is 1. The fourth-order valence-electron chi connectivity index (χ4n) is 2.47. The Morgan fingerprint density at radius 2 is 2.30 bits per heavy atom. The molecule has 23 heavy (non-hydrogen) atoms. The van der Waals surface area contributed by atoms with E-state index in [1.807, 2.05) is 25.1 Å². The number of hydrogen-bond donors (Lipinski definition) is 3. The SMILES string of the molecule is Cc1[nH]c2c(Cl)cccc2c1CCNC(=O)CSc1cn[nH]n1. The molecule has 3 rings (SSSR count). The van der Waals surface area contributed by atoms with Crippen LogP contribution in [0.25, 0.3) is 10.9 Å². The molecule has 0 radical (unpaired) electrons. The van der Waals surface area contributed by atoms with Crippen molar-refractivity contribution in [2.45, 2.75) is 18.4 Å². The van der Waals surface area contributed by atoms with Gasteiger partial charge in [-0.25, -0.2) is 0 Å². The van der Waals surface area contributed by atoms with Crippen molar-refractivity contribution < 1.29 is 4.79 Å². The number of H-pyrrole nitrogens is 2. The lowest BCUT2D eigenvalue weighted by molar-refractivity contribution is -0.118. The van der Waals surface area contributed by atoms with Gasteiger partial charge in [-0.15, -0.1) is 5.10 Å². The maximum atomic E-state index is 11.9. The molecule has 3 aromatic rings. The molecular formula is C15H16ClN5OS. The summed E-state index contributed by atoms with van der Waals surface area (Å²) in [4.78, 5) is 15.2. The molecule has 0 aliphatic heterocycles. The predicted octanol–water partition coefficient (Wildman–Crippen LogP) is 2.70. The number of para-hydroxylation sites is 1. The molecule has 6 nitrogen and oxygen atoms in total. The highest BCUT2D eigenvalue weighted by Gasteiger charge is 2.11. The Morgan fingerprint density at radius 1 is 1.43 bits per heavy atom. The Labute approximate surface area is 142 Å². The van der Waals surface area contributed by atoms with Crippen LogP contribution in [0.4, 0.5) is 0 Å². The van der Waals surface area contributed by atoms with Gasteiger partial charge in [-0.3, -0.25) is 4.79 Å². The van der Waals surface area contributed by atoms with E-state index in [2.05, 4.69) is 25.7 Å². The minimum Gasteiger partial charge on any atom is -0.357 e. The minimum atomic E-state index is -0.0199. The van der Waals surface area contributed by atoms with Crippen molar-refractivity contribution in [3.05, 3.63) is 40.7 Å². The van der Waals surface area contributed by atoms with E-state index in [1.54, 1.807) is 6.20 Å². The molecule has 8 heteroatoms. The van der Waals surface area contributed by atoms with Gasteiger partial charge in [0.05, 0.1) is 22.5 Å². The molecule has 0 bridgehead atoms. The smallest absolute Gasteiger partial charge is 0.230 e. The third-order valence-electron chi connectivity index (χ3n) is 3.55. The fraction of sp³-hybridized carbons (Fsp3) is 0.267. The molecule has 0 unspecified atom stereocenters. The van der Waals surface area contributed by atoms with E-state index < -0.39 is 0 Å². The third kappa shape index (κ3) is 3.68. The Hall–Kier alpha value is -1.99. The van der Waals surface area contributed by atoms with Crippen molar-refractivity contribution in [1.29, 1.82) is 0 Å². The topological polar surface area (TPSA) is 86.5 Å². The Morgan fingerprint density at radius 3 is 3.09 bits per heavy atom. The number of aryl methyl sites for hydroxylation is 1. The van der Waals surface area contributed by atoms with Gasteiger partial charge in [0.2, 0.25) is 5.91 Å². The van der Waals surface area contributed by atoms with Gasteiger partial charge in [-0.1, -0.05) is 35.5 Å². The van der Waals surface area contributed by atoms with Gasteiger partial charge in [0.25, 0.3) is 0 Å². The maximum Gasteiger partial charge on any atom is 0.230 e. The van der Waals surface area contributed by atoms with E-state index in [0.717, 1.165) is 23.0 Å². The second-order valence-electron chi connectivity index (χ2n) is 5.09. The fourth-order valence-corrected chi connectivity index (χ4v) is 3.30. The molecule has 0 spiro atoms. The summed E-state index contributed by atoms with van der Waals surface area (Å²) in [5, 5.41) is 15.6. The number of fused-ring (bicyclic) bond motifs is 1. The lowest BCUT2D eigenvalue weighted by Gasteiger charge is -2.05. The van der Waals surface area contributed by atoms with Crippen LogP contribution in [0.15, 0.2) is 29.4 Å². The Balaban J connectivity index is 1.55. The van der Waals surface area contributed by atoms with Crippen molar-refractivity contribution in [3.8, 4) is 0 Å². The highest BCUT2D eigenvalue weighted by Crippen LogP contribution is 2.27. The van der Waals surface area contributed by atoms with Crippen LogP contribution in [0.2, 0.25) is 5.02 Å². The lowest BCUT2D eigenvalue weighted by Crippen LogP contribution is -2.27. The van der Waals surface area contributed by atoms with Crippen LogP contribution in [0.3, 0.4) is 0 Å². The van der Waals surface area contributed by atoms with Crippen LogP contribution in [0, 0.1) is 6.92 Å². The summed E-state index contributed by atoms with van der Waals surface area (Å²) in [6.45, 7) is 2.60. The van der Waals surface area contributed by atoms with Gasteiger partial charge in [0.15, 0.2) is 0 Å². The van der Waals surface area contributed by atoms with Gasteiger partial charge in [0, 0.05) is 17.6 Å². The van der Waals surface area contributed by atoms with Crippen molar-refractivity contribution in [2.24, 2.45) is 0 Å². The average Bonchev–Trinajstić information content (AvgIpc) is 3.15. The first-order valence-corrected chi connectivity index (χ1v) is 8.52. The number of benzene rings is 1. The predicted molar refractivity (Wildman–Crippen MR) is 91.9 cm³/mol. The van der Waals surface area contributed by atoms with Crippen LogP contribution in [-0.2, 0) is 11.2 Å². The number of aromatic nitrogens is 4. The molecule has 0 aliphatic rings. The highest BCUT2D eigenvalue weighted by molar-refractivity contribution is 7.99. The van der Waals surface area contributed by atoms with Gasteiger partial charge in [-0.05, 0) is 25.0 Å². The molecule has 2 heterocycles. The molecule has 0 aliphatic carbocycles. The largest absolute Gasteiger partial charge is 0.357 e. The van der Waals surface area contributed by atoms with E-state index in [4.69, 9.17) is 11.6 Å². The number of hydrogen-bond acceptors (Lipinski definition) is 4. The highest BCUT2D eigenvalue weighted by atomic mass is 35.5. The Kier molecular flexibility index (Phi) is 4.88. The number of thioether (sulfide) groups is 1. The zero-order chi connectivity index (χ0) is 16.2. The van der Waals surface area contributed by atoms with Crippen LogP contribution >= 0.6 is 23.4 Å². The number of nitrogens with zero attached hydrogens (tertiary/aromatic N) is 2. The van der Waals surface area contributed by atoms with Crippen LogP contribution in [-0.4, -0.2) is 38.6 Å². The van der Waals surface area contributed by atoms with Crippen molar-refractivity contribution in [1.82, 2.24) is 25.7 Å². The van der Waals surface area contributed by atoms with Crippen molar-refractivity contribution >= 4 is 40.2 Å². The molecule has 0 fully saturated rings. The normalized spacial score (nSPS) is 11.0. The number of carbonyl (C=O) groups is 1. The summed E-state index contributed by atoms with van der Waals surface area (Å²) in [6, 6.07) is 5.85.